The summed E-state index contributed by atoms with van der Waals surface area (Å²) in [6.45, 7) is 1.50. The highest BCUT2D eigenvalue weighted by Gasteiger charge is 2.29. The summed E-state index contributed by atoms with van der Waals surface area (Å²) in [4.78, 5) is 25.8. The Morgan fingerprint density at radius 1 is 1.04 bits per heavy atom. The molecule has 126 valence electrons. The molecular formula is C19H22N2O3. The Kier molecular flexibility index (Phi) is 5.11. The van der Waals surface area contributed by atoms with Crippen LogP contribution in [0.1, 0.15) is 25.7 Å². The minimum Gasteiger partial charge on any atom is -0.480 e. The fourth-order valence-electron chi connectivity index (χ4n) is 3.26. The van der Waals surface area contributed by atoms with Gasteiger partial charge in [-0.2, -0.15) is 0 Å². The lowest BCUT2D eigenvalue weighted by Crippen LogP contribution is -2.45. The van der Waals surface area contributed by atoms with Crippen LogP contribution in [0.3, 0.4) is 0 Å². The van der Waals surface area contributed by atoms with E-state index in [1.807, 2.05) is 47.4 Å². The Morgan fingerprint density at radius 2 is 1.75 bits per heavy atom. The summed E-state index contributed by atoms with van der Waals surface area (Å²) in [6.07, 6.45) is 3.10. The van der Waals surface area contributed by atoms with Crippen LogP contribution in [0, 0.1) is 0 Å². The van der Waals surface area contributed by atoms with Crippen LogP contribution >= 0.6 is 0 Å². The molecule has 1 aliphatic heterocycles. The number of hydrogen-bond acceptors (Lipinski definition) is 3. The van der Waals surface area contributed by atoms with Gasteiger partial charge in [0.2, 0.25) is 5.91 Å². The first-order valence-corrected chi connectivity index (χ1v) is 8.39. The molecule has 0 radical (unpaired) electrons. The second-order valence-electron chi connectivity index (χ2n) is 6.26. The van der Waals surface area contributed by atoms with Crippen LogP contribution in [0.15, 0.2) is 42.5 Å². The molecule has 2 aromatic carbocycles. The van der Waals surface area contributed by atoms with E-state index in [4.69, 9.17) is 0 Å². The van der Waals surface area contributed by atoms with E-state index in [0.29, 0.717) is 5.69 Å². The molecule has 1 aliphatic rings. The Bertz CT molecular complexity index is 738. The van der Waals surface area contributed by atoms with Crippen molar-refractivity contribution >= 4 is 28.3 Å². The smallest absolute Gasteiger partial charge is 0.321 e. The van der Waals surface area contributed by atoms with Crippen LogP contribution in [0.2, 0.25) is 0 Å². The van der Waals surface area contributed by atoms with Gasteiger partial charge in [-0.1, -0.05) is 36.8 Å². The van der Waals surface area contributed by atoms with Gasteiger partial charge in [0.25, 0.3) is 0 Å². The highest BCUT2D eigenvalue weighted by molar-refractivity contribution is 5.96. The molecule has 1 saturated heterocycles. The summed E-state index contributed by atoms with van der Waals surface area (Å²) in [5.41, 5.74) is 0.696. The average Bonchev–Trinajstić information content (AvgIpc) is 2.60. The van der Waals surface area contributed by atoms with Gasteiger partial charge in [0.05, 0.1) is 6.42 Å². The number of amides is 1. The lowest BCUT2D eigenvalue weighted by atomic mass is 10.1. The summed E-state index contributed by atoms with van der Waals surface area (Å²) in [5.74, 6) is -1.19. The van der Waals surface area contributed by atoms with Crippen molar-refractivity contribution in [1.29, 1.82) is 0 Å². The Morgan fingerprint density at radius 3 is 2.46 bits per heavy atom. The van der Waals surface area contributed by atoms with Crippen LogP contribution in [0.4, 0.5) is 5.69 Å². The lowest BCUT2D eigenvalue weighted by Gasteiger charge is -2.31. The molecule has 3 rings (SSSR count). The second kappa shape index (κ2) is 7.45. The number of likely N-dealkylation sites (tertiary alicyclic amines) is 1. The molecule has 0 spiro atoms. The Hall–Kier alpha value is -2.40. The Balaban J connectivity index is 1.67. The van der Waals surface area contributed by atoms with Crippen LogP contribution in [0.25, 0.3) is 10.8 Å². The number of fused-ring (bicyclic) bond motifs is 1. The van der Waals surface area contributed by atoms with Gasteiger partial charge in [0, 0.05) is 5.69 Å². The highest BCUT2D eigenvalue weighted by atomic mass is 16.4. The lowest BCUT2D eigenvalue weighted by molar-refractivity contribution is -0.145. The largest absolute Gasteiger partial charge is 0.480 e. The normalized spacial score (nSPS) is 16.7. The number of carbonyl (C=O) groups is 2. The third-order valence-corrected chi connectivity index (χ3v) is 4.53. The maximum Gasteiger partial charge on any atom is 0.321 e. The number of aliphatic carboxylic acids is 1. The van der Waals surface area contributed by atoms with Gasteiger partial charge in [-0.15, -0.1) is 0 Å². The van der Waals surface area contributed by atoms with Crippen molar-refractivity contribution in [3.8, 4) is 0 Å². The van der Waals surface area contributed by atoms with E-state index in [1.165, 1.54) is 0 Å². The van der Waals surface area contributed by atoms with E-state index >= 15 is 0 Å². The van der Waals surface area contributed by atoms with E-state index < -0.39 is 12.0 Å². The molecule has 0 bridgehead atoms. The summed E-state index contributed by atoms with van der Waals surface area (Å²) < 4.78 is 0. The number of nitrogens with one attached hydrogen (secondary N) is 1. The fourth-order valence-corrected chi connectivity index (χ4v) is 3.26. The van der Waals surface area contributed by atoms with E-state index in [1.54, 1.807) is 0 Å². The third kappa shape index (κ3) is 3.92. The molecule has 24 heavy (non-hydrogen) atoms. The van der Waals surface area contributed by atoms with Crippen molar-refractivity contribution in [3.05, 3.63) is 42.5 Å². The number of hydrogen-bond donors (Lipinski definition) is 2. The van der Waals surface area contributed by atoms with Crippen LogP contribution in [0.5, 0.6) is 0 Å². The minimum absolute atomic E-state index is 0.0256. The number of anilines is 1. The molecule has 1 fully saturated rings. The van der Waals surface area contributed by atoms with Crippen molar-refractivity contribution in [1.82, 2.24) is 4.90 Å². The predicted octanol–water partition coefficient (Wildman–Crippen LogP) is 3.11. The minimum atomic E-state index is -0.925. The van der Waals surface area contributed by atoms with Gasteiger partial charge >= 0.3 is 5.97 Å². The third-order valence-electron chi connectivity index (χ3n) is 4.53. The number of piperidine rings is 1. The SMILES string of the molecule is O=C(CC(C(=O)O)N1CCCCC1)Nc1ccc2ccccc2c1. The zero-order valence-electron chi connectivity index (χ0n) is 13.6. The molecule has 1 amide bonds. The molecule has 0 aliphatic carbocycles. The van der Waals surface area contributed by atoms with Gasteiger partial charge in [-0.25, -0.2) is 0 Å². The summed E-state index contributed by atoms with van der Waals surface area (Å²) >= 11 is 0. The molecule has 0 aromatic heterocycles. The standard InChI is InChI=1S/C19H22N2O3/c22-18(13-17(19(23)24)21-10-4-1-5-11-21)20-16-9-8-14-6-2-3-7-15(14)12-16/h2-3,6-9,12,17H,1,4-5,10-11,13H2,(H,20,22)(H,23,24). The maximum atomic E-state index is 12.3. The molecule has 1 atom stereocenters. The molecule has 0 saturated carbocycles. The molecule has 5 nitrogen and oxygen atoms in total. The average molecular weight is 326 g/mol. The first-order valence-electron chi connectivity index (χ1n) is 8.39. The predicted molar refractivity (Wildman–Crippen MR) is 94.0 cm³/mol. The van der Waals surface area contributed by atoms with Crippen molar-refractivity contribution in [2.45, 2.75) is 31.7 Å². The molecular weight excluding hydrogens is 304 g/mol. The number of benzene rings is 2. The topological polar surface area (TPSA) is 69.6 Å². The van der Waals surface area contributed by atoms with Crippen LogP contribution < -0.4 is 5.32 Å². The zero-order valence-corrected chi connectivity index (χ0v) is 13.6. The van der Waals surface area contributed by atoms with E-state index in [2.05, 4.69) is 5.32 Å². The van der Waals surface area contributed by atoms with Crippen LogP contribution in [-0.4, -0.2) is 41.0 Å². The molecule has 1 unspecified atom stereocenters. The number of rotatable bonds is 5. The number of carbonyl (C=O) groups excluding carboxylic acids is 1. The van der Waals surface area contributed by atoms with Crippen molar-refractivity contribution in [2.24, 2.45) is 0 Å². The van der Waals surface area contributed by atoms with Gasteiger partial charge in [-0.3, -0.25) is 14.5 Å². The molecule has 1 heterocycles. The first-order chi connectivity index (χ1) is 11.6. The summed E-state index contributed by atoms with van der Waals surface area (Å²) in [7, 11) is 0. The second-order valence-corrected chi connectivity index (χ2v) is 6.26. The van der Waals surface area contributed by atoms with Gasteiger partial charge in [-0.05, 0) is 48.8 Å². The highest BCUT2D eigenvalue weighted by Crippen LogP contribution is 2.20. The molecule has 2 N–H and O–H groups in total. The van der Waals surface area contributed by atoms with Gasteiger partial charge in [0.15, 0.2) is 0 Å². The van der Waals surface area contributed by atoms with E-state index in [9.17, 15) is 14.7 Å². The quantitative estimate of drug-likeness (QED) is 0.886. The van der Waals surface area contributed by atoms with Crippen LogP contribution in [-0.2, 0) is 9.59 Å². The maximum absolute atomic E-state index is 12.3. The monoisotopic (exact) mass is 326 g/mol. The van der Waals surface area contributed by atoms with Crippen molar-refractivity contribution < 1.29 is 14.7 Å². The van der Waals surface area contributed by atoms with E-state index in [0.717, 1.165) is 43.1 Å². The van der Waals surface area contributed by atoms with E-state index in [-0.39, 0.29) is 12.3 Å². The van der Waals surface area contributed by atoms with Crippen molar-refractivity contribution in [2.75, 3.05) is 18.4 Å². The van der Waals surface area contributed by atoms with Gasteiger partial charge in [0.1, 0.15) is 6.04 Å². The number of carboxylic acids is 1. The number of carboxylic acid groups (broad SMARTS) is 1. The fraction of sp³-hybridized carbons (Fsp3) is 0.368. The number of nitrogens with zero attached hydrogens (tertiary/aromatic N) is 1. The Labute approximate surface area is 141 Å². The van der Waals surface area contributed by atoms with Crippen molar-refractivity contribution in [3.63, 3.8) is 0 Å². The molecule has 2 aromatic rings. The molecule has 5 heteroatoms. The summed E-state index contributed by atoms with van der Waals surface area (Å²) in [5, 5.41) is 14.4. The summed E-state index contributed by atoms with van der Waals surface area (Å²) in [6, 6.07) is 12.9. The zero-order chi connectivity index (χ0) is 16.9. The van der Waals surface area contributed by atoms with Gasteiger partial charge < -0.3 is 10.4 Å². The first kappa shape index (κ1) is 16.5.